The number of hydrogen-bond donors (Lipinski definition) is 0. The summed E-state index contributed by atoms with van der Waals surface area (Å²) in [6.45, 7) is 16.8. The van der Waals surface area contributed by atoms with Crippen LogP contribution >= 0.6 is 0 Å². The Labute approximate surface area is 260 Å². The third-order valence-electron chi connectivity index (χ3n) is 7.18. The molecule has 2 aliphatic carbocycles. The van der Waals surface area contributed by atoms with Crippen LogP contribution in [-0.4, -0.2) is 0 Å². The second kappa shape index (κ2) is 16.4. The third-order valence-corrected chi connectivity index (χ3v) is 7.18. The van der Waals surface area contributed by atoms with E-state index in [1.165, 1.54) is 91.7 Å². The fourth-order valence-corrected chi connectivity index (χ4v) is 5.13. The zero-order valence-electron chi connectivity index (χ0n) is 24.6. The fraction of sp³-hybridized carbons (Fsp3) is 0.333. The average Bonchev–Trinajstić information content (AvgIpc) is 2.94. The van der Waals surface area contributed by atoms with Crippen LogP contribution in [0.4, 0.5) is 0 Å². The van der Waals surface area contributed by atoms with Crippen LogP contribution in [0.25, 0.3) is 33.7 Å². The number of benzene rings is 4. The minimum atomic E-state index is 0. The number of rotatable bonds is 0. The molecule has 2 heteroatoms. The van der Waals surface area contributed by atoms with Crippen LogP contribution in [0.3, 0.4) is 0 Å². The van der Waals surface area contributed by atoms with Crippen LogP contribution in [0.1, 0.15) is 85.0 Å². The molecule has 6 rings (SSSR count). The van der Waals surface area contributed by atoms with Gasteiger partial charge >= 0.3 is 0 Å². The summed E-state index contributed by atoms with van der Waals surface area (Å²) in [5, 5.41) is 5.67. The zero-order chi connectivity index (χ0) is 26.2. The van der Waals surface area contributed by atoms with Gasteiger partial charge in [-0.05, 0) is 132 Å². The third kappa shape index (κ3) is 7.68. The largest absolute Gasteiger partial charge is 0.0836 e. The molecule has 0 aliphatic heterocycles. The summed E-state index contributed by atoms with van der Waals surface area (Å²) in [6, 6.07) is 18.4. The maximum Gasteiger partial charge on any atom is 0 e. The van der Waals surface area contributed by atoms with Gasteiger partial charge in [-0.3, -0.25) is 0 Å². The van der Waals surface area contributed by atoms with Crippen LogP contribution in [0.5, 0.6) is 0 Å². The monoisotopic (exact) mass is 844 g/mol. The first-order valence-corrected chi connectivity index (χ1v) is 13.9. The predicted octanol–water partition coefficient (Wildman–Crippen LogP) is 10.9. The normalized spacial score (nSPS) is 12.2. The summed E-state index contributed by atoms with van der Waals surface area (Å²) in [6.07, 6.45) is 13.8. The van der Waals surface area contributed by atoms with Crippen molar-refractivity contribution < 1.29 is 42.1 Å². The zero-order valence-corrected chi connectivity index (χ0v) is 30.4. The summed E-state index contributed by atoms with van der Waals surface area (Å²) in [5.74, 6) is 0. The van der Waals surface area contributed by atoms with Gasteiger partial charge in [-0.2, -0.15) is 0 Å². The Kier molecular flexibility index (Phi) is 14.8. The van der Waals surface area contributed by atoms with Gasteiger partial charge in [0.15, 0.2) is 0 Å². The van der Waals surface area contributed by atoms with Crippen LogP contribution in [0, 0.1) is 27.7 Å². The summed E-state index contributed by atoms with van der Waals surface area (Å²) in [5.41, 5.74) is 11.4. The molecule has 0 atom stereocenters. The van der Waals surface area contributed by atoms with Gasteiger partial charge in [-0.1, -0.05) is 88.4 Å². The van der Waals surface area contributed by atoms with Gasteiger partial charge in [-0.15, -0.1) is 0 Å². The summed E-state index contributed by atoms with van der Waals surface area (Å²) < 4.78 is 0. The fourth-order valence-electron chi connectivity index (χ4n) is 5.13. The van der Waals surface area contributed by atoms with Gasteiger partial charge in [0.05, 0.1) is 0 Å². The van der Waals surface area contributed by atoms with Gasteiger partial charge in [0.25, 0.3) is 0 Å². The maximum atomic E-state index is 2.39. The minimum Gasteiger partial charge on any atom is -0.0836 e. The van der Waals surface area contributed by atoms with Gasteiger partial charge < -0.3 is 0 Å². The van der Waals surface area contributed by atoms with Gasteiger partial charge in [0, 0.05) is 42.1 Å². The predicted molar refractivity (Wildman–Crippen MR) is 164 cm³/mol. The molecular formula is C36H44W2. The molecule has 0 nitrogen and oxygen atoms in total. The first kappa shape index (κ1) is 34.3. The van der Waals surface area contributed by atoms with Crippen LogP contribution in [0.2, 0.25) is 0 Å². The Hall–Kier alpha value is -1.74. The first-order valence-electron chi connectivity index (χ1n) is 13.9. The number of allylic oxidation sites excluding steroid dienone is 2. The molecule has 0 N–H and O–H groups in total. The second-order valence-corrected chi connectivity index (χ2v) is 9.47. The van der Waals surface area contributed by atoms with Crippen molar-refractivity contribution >= 4 is 33.7 Å². The van der Waals surface area contributed by atoms with Crippen molar-refractivity contribution in [1.82, 2.24) is 0 Å². The molecule has 0 saturated heterocycles. The molecule has 38 heavy (non-hydrogen) atoms. The van der Waals surface area contributed by atoms with Crippen molar-refractivity contribution in [3.05, 3.63) is 105 Å². The molecule has 2 aliphatic rings. The minimum absolute atomic E-state index is 0. The van der Waals surface area contributed by atoms with Crippen molar-refractivity contribution in [2.75, 3.05) is 0 Å². The van der Waals surface area contributed by atoms with Gasteiger partial charge in [0.2, 0.25) is 0 Å². The van der Waals surface area contributed by atoms with E-state index in [-0.39, 0.29) is 42.1 Å². The molecule has 0 bridgehead atoms. The number of aryl methyl sites for hydroxylation is 6. The molecule has 4 aromatic carbocycles. The van der Waals surface area contributed by atoms with Crippen LogP contribution in [0.15, 0.2) is 60.7 Å². The molecule has 200 valence electrons. The van der Waals surface area contributed by atoms with E-state index in [4.69, 9.17) is 0 Å². The number of fused-ring (bicyclic) bond motifs is 4. The standard InChI is InChI=1S/2C16H16.2C2H6.2W/c2*1-11-7-8-12(2)16-10-14-6-4-3-5-13(14)9-15(11)16;2*1-2;;/h2*3,5,7-10H,4,6H2,1-2H3;2*1-2H3;;. The SMILES string of the molecule is CC.CC.Cc1ccc(C)c2cc3c(cc12)C=CCC3.Cc1ccc(C)c2cc3c(cc12)C=CCC3.[W].[W]. The summed E-state index contributed by atoms with van der Waals surface area (Å²) >= 11 is 0. The van der Waals surface area contributed by atoms with Crippen molar-refractivity contribution in [2.45, 2.75) is 81.1 Å². The molecule has 0 heterocycles. The molecule has 0 aromatic heterocycles. The average molecular weight is 844 g/mol. The maximum absolute atomic E-state index is 2.39. The Balaban J connectivity index is 0.000000321. The molecule has 0 unspecified atom stereocenters. The second-order valence-electron chi connectivity index (χ2n) is 9.47. The first-order chi connectivity index (χ1) is 17.5. The van der Waals surface area contributed by atoms with Crippen molar-refractivity contribution in [1.29, 1.82) is 0 Å². The van der Waals surface area contributed by atoms with Crippen molar-refractivity contribution in [2.24, 2.45) is 0 Å². The Bertz CT molecular complexity index is 1300. The van der Waals surface area contributed by atoms with E-state index in [0.717, 1.165) is 0 Å². The topological polar surface area (TPSA) is 0 Å². The number of hydrogen-bond acceptors (Lipinski definition) is 0. The van der Waals surface area contributed by atoms with E-state index in [1.807, 2.05) is 27.7 Å². The summed E-state index contributed by atoms with van der Waals surface area (Å²) in [4.78, 5) is 0. The van der Waals surface area contributed by atoms with Crippen LogP contribution < -0.4 is 0 Å². The van der Waals surface area contributed by atoms with Gasteiger partial charge in [0.1, 0.15) is 0 Å². The van der Waals surface area contributed by atoms with E-state index in [9.17, 15) is 0 Å². The summed E-state index contributed by atoms with van der Waals surface area (Å²) in [7, 11) is 0. The van der Waals surface area contributed by atoms with Gasteiger partial charge in [-0.25, -0.2) is 0 Å². The Morgan fingerprint density at radius 2 is 0.737 bits per heavy atom. The molecule has 0 radical (unpaired) electrons. The molecular weight excluding hydrogens is 800 g/mol. The van der Waals surface area contributed by atoms with E-state index in [0.29, 0.717) is 0 Å². The van der Waals surface area contributed by atoms with Crippen molar-refractivity contribution in [3.8, 4) is 0 Å². The van der Waals surface area contributed by atoms with E-state index in [1.54, 1.807) is 0 Å². The quantitative estimate of drug-likeness (QED) is 0.165. The Morgan fingerprint density at radius 3 is 1.05 bits per heavy atom. The Morgan fingerprint density at radius 1 is 0.447 bits per heavy atom. The molecule has 0 amide bonds. The smallest absolute Gasteiger partial charge is 0 e. The van der Waals surface area contributed by atoms with E-state index >= 15 is 0 Å². The van der Waals surface area contributed by atoms with Crippen LogP contribution in [-0.2, 0) is 55.0 Å². The van der Waals surface area contributed by atoms with E-state index in [2.05, 4.69) is 101 Å². The molecule has 0 fully saturated rings. The van der Waals surface area contributed by atoms with E-state index < -0.39 is 0 Å². The molecule has 0 spiro atoms. The van der Waals surface area contributed by atoms with Crippen molar-refractivity contribution in [3.63, 3.8) is 0 Å². The molecule has 4 aromatic rings. The molecule has 0 saturated carbocycles.